The minimum absolute atomic E-state index is 0.0639. The van der Waals surface area contributed by atoms with Gasteiger partial charge in [-0.2, -0.15) is 0 Å². The summed E-state index contributed by atoms with van der Waals surface area (Å²) in [4.78, 5) is 27.1. The number of ether oxygens (including phenoxy) is 1. The number of fused-ring (bicyclic) bond motifs is 2. The van der Waals surface area contributed by atoms with Crippen molar-refractivity contribution in [2.75, 3.05) is 7.11 Å². The van der Waals surface area contributed by atoms with Crippen LogP contribution in [-0.4, -0.2) is 42.8 Å². The zero-order valence-electron chi connectivity index (χ0n) is 39.2. The van der Waals surface area contributed by atoms with Crippen LogP contribution in [-0.2, 0) is 40.3 Å². The second kappa shape index (κ2) is 18.2. The molecule has 2 aliphatic carbocycles. The molecule has 0 radical (unpaired) electrons. The van der Waals surface area contributed by atoms with Crippen molar-refractivity contribution in [2.24, 2.45) is 22.7 Å². The predicted octanol–water partition coefficient (Wildman–Crippen LogP) is 14.3. The van der Waals surface area contributed by atoms with Gasteiger partial charge in [0.15, 0.2) is 0 Å². The molecule has 0 amide bonds. The highest BCUT2D eigenvalue weighted by Crippen LogP contribution is 2.46. The number of carbonyl (C=O) groups excluding carboxylic acids is 1. The second-order valence-electron chi connectivity index (χ2n) is 21.6. The van der Waals surface area contributed by atoms with Crippen LogP contribution in [0.4, 0.5) is 0 Å². The lowest BCUT2D eigenvalue weighted by Crippen LogP contribution is -2.30. The molecule has 2 aromatic heterocycles. The van der Waals surface area contributed by atoms with Crippen molar-refractivity contribution in [3.8, 4) is 0 Å². The van der Waals surface area contributed by atoms with E-state index in [0.29, 0.717) is 30.6 Å². The first kappa shape index (κ1) is 47.2. The maximum Gasteiger partial charge on any atom is 0.311 e. The Balaban J connectivity index is 0.000000224. The van der Waals surface area contributed by atoms with E-state index in [4.69, 9.17) is 4.74 Å². The number of esters is 1. The minimum Gasteiger partial charge on any atom is -0.481 e. The molecule has 6 rings (SSSR count). The molecule has 326 valence electrons. The van der Waals surface area contributed by atoms with Gasteiger partial charge in [0.2, 0.25) is 0 Å². The number of methoxy groups -OCH3 is 1. The van der Waals surface area contributed by atoms with E-state index in [2.05, 4.69) is 115 Å². The topological polar surface area (TPSA) is 73.5 Å². The molecule has 2 fully saturated rings. The smallest absolute Gasteiger partial charge is 0.311 e. The van der Waals surface area contributed by atoms with E-state index >= 15 is 0 Å². The van der Waals surface area contributed by atoms with Gasteiger partial charge in [-0.3, -0.25) is 9.59 Å². The summed E-state index contributed by atoms with van der Waals surface area (Å²) in [7, 11) is 1.49. The lowest BCUT2D eigenvalue weighted by atomic mass is 9.84. The Morgan fingerprint density at radius 3 is 1.32 bits per heavy atom. The van der Waals surface area contributed by atoms with Gasteiger partial charge in [0.25, 0.3) is 0 Å². The van der Waals surface area contributed by atoms with Crippen molar-refractivity contribution in [3.63, 3.8) is 0 Å². The molecule has 1 N–H and O–H groups in total. The van der Waals surface area contributed by atoms with Crippen LogP contribution < -0.4 is 0 Å². The van der Waals surface area contributed by atoms with Crippen molar-refractivity contribution < 1.29 is 19.4 Å². The zero-order chi connectivity index (χ0) is 43.8. The molecule has 0 unspecified atom stereocenters. The molecule has 0 bridgehead atoms. The Hall–Kier alpha value is -2.84. The number of thioether (sulfide) groups is 2. The number of rotatable bonds is 14. The first-order chi connectivity index (χ1) is 27.3. The van der Waals surface area contributed by atoms with Crippen LogP contribution >= 0.6 is 23.5 Å². The molecular weight excluding hydrogens is 769 g/mol. The quantitative estimate of drug-likeness (QED) is 0.101. The summed E-state index contributed by atoms with van der Waals surface area (Å²) in [6.45, 7) is 32.3. The molecule has 0 spiro atoms. The monoisotopic (exact) mass is 845 g/mol. The molecule has 59 heavy (non-hydrogen) atoms. The molecule has 6 nitrogen and oxygen atoms in total. The summed E-state index contributed by atoms with van der Waals surface area (Å²) in [5, 5.41) is 12.4. The number of aliphatic carboxylic acids is 1. The summed E-state index contributed by atoms with van der Waals surface area (Å²) in [5.41, 5.74) is 6.49. The van der Waals surface area contributed by atoms with Crippen molar-refractivity contribution in [1.82, 2.24) is 9.13 Å². The van der Waals surface area contributed by atoms with Crippen molar-refractivity contribution in [2.45, 2.75) is 193 Å². The Morgan fingerprint density at radius 1 is 0.661 bits per heavy atom. The molecule has 4 aromatic rings. The first-order valence-corrected chi connectivity index (χ1v) is 23.9. The van der Waals surface area contributed by atoms with E-state index in [1.165, 1.54) is 99.7 Å². The van der Waals surface area contributed by atoms with E-state index in [0.717, 1.165) is 19.0 Å². The summed E-state index contributed by atoms with van der Waals surface area (Å²) < 4.78 is 10.3. The van der Waals surface area contributed by atoms with E-state index in [1.807, 2.05) is 51.2 Å². The number of carboxylic acid groups (broad SMARTS) is 1. The van der Waals surface area contributed by atoms with E-state index in [-0.39, 0.29) is 15.5 Å². The van der Waals surface area contributed by atoms with E-state index < -0.39 is 16.8 Å². The highest BCUT2D eigenvalue weighted by Gasteiger charge is 2.36. The Bertz CT molecular complexity index is 2110. The highest BCUT2D eigenvalue weighted by atomic mass is 32.2. The molecule has 2 saturated carbocycles. The van der Waals surface area contributed by atoms with Crippen LogP contribution in [0, 0.1) is 22.7 Å². The fraction of sp³-hybridized carbons (Fsp3) is 0.647. The Kier molecular flexibility index (Phi) is 14.6. The van der Waals surface area contributed by atoms with E-state index in [9.17, 15) is 14.7 Å². The van der Waals surface area contributed by atoms with Gasteiger partial charge in [0, 0.05) is 78.4 Å². The van der Waals surface area contributed by atoms with Gasteiger partial charge in [0.1, 0.15) is 0 Å². The lowest BCUT2D eigenvalue weighted by molar-refractivity contribution is -0.150. The van der Waals surface area contributed by atoms with Gasteiger partial charge < -0.3 is 19.0 Å². The number of carbonyl (C=O) groups is 2. The minimum atomic E-state index is -0.792. The van der Waals surface area contributed by atoms with Crippen LogP contribution in [0.15, 0.2) is 46.2 Å². The van der Waals surface area contributed by atoms with Crippen LogP contribution in [0.2, 0.25) is 0 Å². The van der Waals surface area contributed by atoms with Crippen molar-refractivity contribution in [1.29, 1.82) is 0 Å². The number of aromatic nitrogens is 2. The third kappa shape index (κ3) is 11.4. The molecular formula is C51H76N2O4S2. The number of carboxylic acids is 1. The molecule has 0 aliphatic heterocycles. The largest absolute Gasteiger partial charge is 0.481 e. The van der Waals surface area contributed by atoms with Gasteiger partial charge in [-0.05, 0) is 100 Å². The van der Waals surface area contributed by atoms with Crippen LogP contribution in [0.25, 0.3) is 21.8 Å². The van der Waals surface area contributed by atoms with Crippen molar-refractivity contribution in [3.05, 3.63) is 58.9 Å². The lowest BCUT2D eigenvalue weighted by Gasteiger charge is -2.29. The number of benzene rings is 2. The molecule has 2 aliphatic rings. The third-order valence-electron chi connectivity index (χ3n) is 12.3. The highest BCUT2D eigenvalue weighted by molar-refractivity contribution is 8.01. The van der Waals surface area contributed by atoms with E-state index in [1.54, 1.807) is 0 Å². The van der Waals surface area contributed by atoms with Gasteiger partial charge in [-0.25, -0.2) is 0 Å². The summed E-state index contributed by atoms with van der Waals surface area (Å²) in [6.07, 6.45) is 9.10. The summed E-state index contributed by atoms with van der Waals surface area (Å²) >= 11 is 3.81. The summed E-state index contributed by atoms with van der Waals surface area (Å²) in [5.74, 6) is 1.56. The first-order valence-electron chi connectivity index (χ1n) is 22.3. The maximum atomic E-state index is 12.6. The average Bonchev–Trinajstić information content (AvgIpc) is 3.50. The van der Waals surface area contributed by atoms with Crippen LogP contribution in [0.3, 0.4) is 0 Å². The fourth-order valence-corrected chi connectivity index (χ4v) is 10.6. The van der Waals surface area contributed by atoms with Gasteiger partial charge in [-0.1, -0.05) is 106 Å². The van der Waals surface area contributed by atoms with Crippen molar-refractivity contribution >= 4 is 57.3 Å². The predicted molar refractivity (Wildman–Crippen MR) is 253 cm³/mol. The van der Waals surface area contributed by atoms with Gasteiger partial charge in [0.05, 0.1) is 17.9 Å². The normalized spacial score (nSPS) is 15.7. The SMILES string of the molecule is CC(C)c1ccc2c(SC(C)(C)C)c(CC(C)(C)C(=O)O)n(CC3CCC3)c2c1.COC(=O)C(C)(C)Cc1c(SC(C)(C)C)c2ccc(C(C)C)cc2n1CC1CCC1. The van der Waals surface area contributed by atoms with Crippen LogP contribution in [0.1, 0.15) is 170 Å². The second-order valence-corrected chi connectivity index (χ2v) is 25.3. The molecule has 0 atom stereocenters. The van der Waals surface area contributed by atoms with Gasteiger partial charge >= 0.3 is 11.9 Å². The number of nitrogens with zero attached hydrogens (tertiary/aromatic N) is 2. The number of hydrogen-bond acceptors (Lipinski definition) is 5. The summed E-state index contributed by atoms with van der Waals surface area (Å²) in [6, 6.07) is 13.8. The number of hydrogen-bond donors (Lipinski definition) is 1. The molecule has 8 heteroatoms. The zero-order valence-corrected chi connectivity index (χ0v) is 40.9. The molecule has 0 saturated heterocycles. The maximum absolute atomic E-state index is 12.6. The fourth-order valence-electron chi connectivity index (χ4n) is 8.23. The molecule has 2 aromatic carbocycles. The van der Waals surface area contributed by atoms with Gasteiger partial charge in [-0.15, -0.1) is 23.5 Å². The third-order valence-corrected chi connectivity index (χ3v) is 14.9. The molecule has 2 heterocycles. The standard InChI is InChI=1S/C26H39NO2S.C25H37NO2S/c1-17(2)19-12-13-20-21(14-19)27(16-18-10-9-11-18)22(23(20)30-25(3,4)5)15-26(6,7)24(28)29-8;1-16(2)18-11-12-19-20(13-18)26(15-17-9-8-10-17)21(14-25(6,7)23(27)28)22(19)29-24(3,4)5/h12-14,17-18H,9-11,15-16H2,1-8H3;11-13,16-17H,8-10,14-15H2,1-7H3,(H,27,28). The van der Waals surface area contributed by atoms with Crippen LogP contribution in [0.5, 0.6) is 0 Å². The average molecular weight is 845 g/mol. The Morgan fingerprint density at radius 2 is 1.03 bits per heavy atom. The Labute approximate surface area is 365 Å².